The number of Topliss-reactive ketones (excluding diaryl/α,β-unsaturated/α-hetero) is 1. The smallest absolute Gasteiger partial charge is 0.185 e. The van der Waals surface area contributed by atoms with Gasteiger partial charge in [-0.25, -0.2) is 0 Å². The van der Waals surface area contributed by atoms with Gasteiger partial charge in [0.2, 0.25) is 0 Å². The summed E-state index contributed by atoms with van der Waals surface area (Å²) in [6.07, 6.45) is 0. The average Bonchev–Trinajstić information content (AvgIpc) is 2.79. The van der Waals surface area contributed by atoms with Gasteiger partial charge in [-0.2, -0.15) is 0 Å². The molecule has 100 valence electrons. The Bertz CT molecular complexity index is 605. The molecule has 1 aromatic heterocycles. The van der Waals surface area contributed by atoms with E-state index in [9.17, 15) is 9.00 Å². The quantitative estimate of drug-likeness (QED) is 0.769. The summed E-state index contributed by atoms with van der Waals surface area (Å²) in [7, 11) is -1.23. The molecule has 0 fully saturated rings. The summed E-state index contributed by atoms with van der Waals surface area (Å²) in [4.78, 5) is 12.4. The van der Waals surface area contributed by atoms with Gasteiger partial charge in [-0.05, 0) is 29.8 Å². The highest BCUT2D eigenvalue weighted by Gasteiger charge is 2.13. The minimum absolute atomic E-state index is 0.0134. The van der Waals surface area contributed by atoms with Gasteiger partial charge in [0.1, 0.15) is 0 Å². The van der Waals surface area contributed by atoms with Crippen LogP contribution in [0.5, 0.6) is 0 Å². The van der Waals surface area contributed by atoms with Crippen molar-refractivity contribution < 1.29 is 9.00 Å². The van der Waals surface area contributed by atoms with Crippen molar-refractivity contribution in [2.75, 3.05) is 5.75 Å². The van der Waals surface area contributed by atoms with E-state index < -0.39 is 10.8 Å². The summed E-state index contributed by atoms with van der Waals surface area (Å²) in [5.41, 5.74) is 0.903. The lowest BCUT2D eigenvalue weighted by molar-refractivity contribution is 0.102. The van der Waals surface area contributed by atoms with Gasteiger partial charge in [-0.3, -0.25) is 9.00 Å². The van der Waals surface area contributed by atoms with E-state index in [1.54, 1.807) is 24.3 Å². The molecule has 1 aromatic carbocycles. The maximum atomic E-state index is 11.9. The first kappa shape index (κ1) is 14.7. The zero-order chi connectivity index (χ0) is 13.8. The Hall–Kier alpha value is -0.680. The minimum atomic E-state index is -1.23. The molecule has 0 aliphatic carbocycles. The second-order valence-electron chi connectivity index (χ2n) is 3.88. The maximum absolute atomic E-state index is 11.9. The molecule has 0 saturated carbocycles. The topological polar surface area (TPSA) is 34.1 Å². The molecule has 0 radical (unpaired) electrons. The van der Waals surface area contributed by atoms with Crippen molar-refractivity contribution in [3.63, 3.8) is 0 Å². The summed E-state index contributed by atoms with van der Waals surface area (Å²) in [6, 6.07) is 10.4. The molecule has 0 N–H and O–H groups in total. The number of carbonyl (C=O) groups excluding carboxylic acids is 1. The van der Waals surface area contributed by atoms with Crippen LogP contribution in [-0.2, 0) is 16.6 Å². The van der Waals surface area contributed by atoms with Crippen LogP contribution in [0.4, 0.5) is 0 Å². The average molecular weight is 333 g/mol. The molecule has 0 spiro atoms. The molecule has 1 heterocycles. The van der Waals surface area contributed by atoms with E-state index in [0.717, 1.165) is 5.56 Å². The number of halogens is 2. The van der Waals surface area contributed by atoms with E-state index in [1.807, 2.05) is 12.1 Å². The van der Waals surface area contributed by atoms with Gasteiger partial charge in [-0.15, -0.1) is 11.3 Å². The van der Waals surface area contributed by atoms with Gasteiger partial charge >= 0.3 is 0 Å². The minimum Gasteiger partial charge on any atom is -0.292 e. The Morgan fingerprint density at radius 2 is 1.79 bits per heavy atom. The van der Waals surface area contributed by atoms with E-state index in [1.165, 1.54) is 11.3 Å². The van der Waals surface area contributed by atoms with Crippen LogP contribution < -0.4 is 0 Å². The first-order chi connectivity index (χ1) is 9.04. The summed E-state index contributed by atoms with van der Waals surface area (Å²) in [5, 5.41) is 0.638. The molecule has 2 rings (SSSR count). The zero-order valence-corrected chi connectivity index (χ0v) is 12.9. The number of rotatable bonds is 5. The van der Waals surface area contributed by atoms with Crippen LogP contribution in [0.25, 0.3) is 0 Å². The Balaban J connectivity index is 1.94. The molecule has 0 aliphatic rings. The number of thiophene rings is 1. The SMILES string of the molecule is O=C(CS(=O)Cc1ccc(Cl)cc1)c1ccc(Cl)s1. The maximum Gasteiger partial charge on any atom is 0.185 e. The molecule has 0 aliphatic heterocycles. The van der Waals surface area contributed by atoms with Crippen LogP contribution in [0, 0.1) is 0 Å². The predicted molar refractivity (Wildman–Crippen MR) is 81.8 cm³/mol. The van der Waals surface area contributed by atoms with Crippen molar-refractivity contribution in [1.29, 1.82) is 0 Å². The Morgan fingerprint density at radius 3 is 2.37 bits per heavy atom. The molecular formula is C13H10Cl2O2S2. The highest BCUT2D eigenvalue weighted by molar-refractivity contribution is 7.85. The predicted octanol–water partition coefficient (Wildman–Crippen LogP) is 4.19. The van der Waals surface area contributed by atoms with Crippen molar-refractivity contribution in [3.8, 4) is 0 Å². The van der Waals surface area contributed by atoms with Crippen LogP contribution in [-0.4, -0.2) is 15.7 Å². The molecular weight excluding hydrogens is 323 g/mol. The highest BCUT2D eigenvalue weighted by Crippen LogP contribution is 2.22. The van der Waals surface area contributed by atoms with Crippen LogP contribution in [0.1, 0.15) is 15.2 Å². The fraction of sp³-hybridized carbons (Fsp3) is 0.154. The largest absolute Gasteiger partial charge is 0.292 e. The lowest BCUT2D eigenvalue weighted by Crippen LogP contribution is -2.11. The first-order valence-electron chi connectivity index (χ1n) is 5.42. The van der Waals surface area contributed by atoms with Crippen molar-refractivity contribution in [2.24, 2.45) is 0 Å². The van der Waals surface area contributed by atoms with Crippen LogP contribution in [0.3, 0.4) is 0 Å². The van der Waals surface area contributed by atoms with Crippen molar-refractivity contribution in [2.45, 2.75) is 5.75 Å². The second kappa shape index (κ2) is 6.66. The third kappa shape index (κ3) is 4.42. The number of carbonyl (C=O) groups is 1. The Kier molecular flexibility index (Phi) is 5.16. The number of hydrogen-bond donors (Lipinski definition) is 0. The van der Waals surface area contributed by atoms with E-state index >= 15 is 0 Å². The molecule has 1 atom stereocenters. The lowest BCUT2D eigenvalue weighted by Gasteiger charge is -2.01. The summed E-state index contributed by atoms with van der Waals surface area (Å²) < 4.78 is 12.5. The highest BCUT2D eigenvalue weighted by atomic mass is 35.5. The molecule has 1 unspecified atom stereocenters. The van der Waals surface area contributed by atoms with Crippen molar-refractivity contribution >= 4 is 51.1 Å². The molecule has 0 bridgehead atoms. The number of hydrogen-bond acceptors (Lipinski definition) is 3. The van der Waals surface area contributed by atoms with Crippen LogP contribution in [0.15, 0.2) is 36.4 Å². The molecule has 0 saturated heterocycles. The second-order valence-corrected chi connectivity index (χ2v) is 7.49. The molecule has 6 heteroatoms. The molecule has 2 nitrogen and oxygen atoms in total. The Morgan fingerprint density at radius 1 is 1.11 bits per heavy atom. The fourth-order valence-corrected chi connectivity index (χ4v) is 3.81. The van der Waals surface area contributed by atoms with Gasteiger partial charge in [0.05, 0.1) is 15.0 Å². The van der Waals surface area contributed by atoms with Crippen LogP contribution in [0.2, 0.25) is 9.36 Å². The first-order valence-corrected chi connectivity index (χ1v) is 8.48. The van der Waals surface area contributed by atoms with Gasteiger partial charge in [-0.1, -0.05) is 35.3 Å². The number of benzene rings is 1. The molecule has 19 heavy (non-hydrogen) atoms. The molecule has 2 aromatic rings. The summed E-state index contributed by atoms with van der Waals surface area (Å²) in [5.74, 6) is 0.228. The van der Waals surface area contributed by atoms with Gasteiger partial charge in [0.15, 0.2) is 5.78 Å². The number of ketones is 1. The summed E-state index contributed by atoms with van der Waals surface area (Å²) >= 11 is 12.7. The van der Waals surface area contributed by atoms with Gasteiger partial charge < -0.3 is 0 Å². The fourth-order valence-electron chi connectivity index (χ4n) is 1.50. The summed E-state index contributed by atoms with van der Waals surface area (Å²) in [6.45, 7) is 0. The standard InChI is InChI=1S/C13H10Cl2O2S2/c14-10-3-1-9(2-4-10)7-19(17)8-11(16)12-5-6-13(15)18-12/h1-6H,7-8H2. The van der Waals surface area contributed by atoms with E-state index in [-0.39, 0.29) is 11.5 Å². The zero-order valence-electron chi connectivity index (χ0n) is 9.77. The lowest BCUT2D eigenvalue weighted by atomic mass is 10.2. The van der Waals surface area contributed by atoms with Gasteiger partial charge in [0, 0.05) is 21.6 Å². The third-order valence-electron chi connectivity index (χ3n) is 2.38. The normalized spacial score (nSPS) is 12.3. The monoisotopic (exact) mass is 332 g/mol. The van der Waals surface area contributed by atoms with E-state index in [0.29, 0.717) is 20.0 Å². The van der Waals surface area contributed by atoms with Crippen molar-refractivity contribution in [3.05, 3.63) is 56.2 Å². The van der Waals surface area contributed by atoms with Gasteiger partial charge in [0.25, 0.3) is 0 Å². The third-order valence-corrected chi connectivity index (χ3v) is 5.14. The molecule has 0 amide bonds. The van der Waals surface area contributed by atoms with Crippen LogP contribution >= 0.6 is 34.5 Å². The Labute approximate surface area is 127 Å². The van der Waals surface area contributed by atoms with Crippen molar-refractivity contribution in [1.82, 2.24) is 0 Å². The van der Waals surface area contributed by atoms with E-state index in [4.69, 9.17) is 23.2 Å². The van der Waals surface area contributed by atoms with E-state index in [2.05, 4.69) is 0 Å².